The van der Waals surface area contributed by atoms with Crippen molar-refractivity contribution in [1.82, 2.24) is 4.90 Å². The van der Waals surface area contributed by atoms with E-state index in [1.54, 1.807) is 11.8 Å². The Labute approximate surface area is 142 Å². The summed E-state index contributed by atoms with van der Waals surface area (Å²) in [6, 6.07) is 7.81. The van der Waals surface area contributed by atoms with Gasteiger partial charge < -0.3 is 9.64 Å². The maximum atomic E-state index is 13.0. The largest absolute Gasteiger partial charge is 0.465 e. The normalized spacial score (nSPS) is 19.5. The molecular weight excluding hydrogens is 304 g/mol. The van der Waals surface area contributed by atoms with E-state index in [0.29, 0.717) is 12.3 Å². The molecule has 0 aromatic heterocycles. The molecule has 1 fully saturated rings. The molecule has 0 unspecified atom stereocenters. The Hall–Kier alpha value is -2.17. The van der Waals surface area contributed by atoms with Gasteiger partial charge >= 0.3 is 5.97 Å². The zero-order valence-electron chi connectivity index (χ0n) is 14.4. The fraction of sp³-hybridized carbons (Fsp3) is 0.526. The predicted octanol–water partition coefficient (Wildman–Crippen LogP) is 2.85. The molecule has 1 amide bonds. The van der Waals surface area contributed by atoms with E-state index in [1.165, 1.54) is 0 Å². The molecular formula is C19H24N2O3. The fourth-order valence-electron chi connectivity index (χ4n) is 3.59. The lowest BCUT2D eigenvalue weighted by molar-refractivity contribution is -0.150. The van der Waals surface area contributed by atoms with Crippen LogP contribution in [0.15, 0.2) is 29.3 Å². The summed E-state index contributed by atoms with van der Waals surface area (Å²) in [5.41, 5.74) is 1.87. The van der Waals surface area contributed by atoms with Crippen molar-refractivity contribution in [3.05, 3.63) is 35.4 Å². The van der Waals surface area contributed by atoms with Gasteiger partial charge in [-0.2, -0.15) is 0 Å². The van der Waals surface area contributed by atoms with Gasteiger partial charge in [0.05, 0.1) is 6.61 Å². The third-order valence-electron chi connectivity index (χ3n) is 4.84. The van der Waals surface area contributed by atoms with Gasteiger partial charge in [0.1, 0.15) is 17.9 Å². The maximum absolute atomic E-state index is 13.0. The van der Waals surface area contributed by atoms with Crippen LogP contribution in [0, 0.1) is 6.92 Å². The van der Waals surface area contributed by atoms with Crippen LogP contribution in [0.4, 0.5) is 0 Å². The molecule has 24 heavy (non-hydrogen) atoms. The number of carbonyl (C=O) groups excluding carboxylic acids is 2. The molecule has 128 valence electrons. The van der Waals surface area contributed by atoms with Crippen molar-refractivity contribution in [2.75, 3.05) is 13.2 Å². The van der Waals surface area contributed by atoms with Crippen LogP contribution in [0.25, 0.3) is 0 Å². The molecule has 2 aliphatic rings. The molecule has 1 heterocycles. The lowest BCUT2D eigenvalue weighted by atomic mass is 9.88. The van der Waals surface area contributed by atoms with Crippen LogP contribution in [-0.2, 0) is 14.3 Å². The number of hydrogen-bond donors (Lipinski definition) is 0. The first kappa shape index (κ1) is 16.7. The van der Waals surface area contributed by atoms with Crippen LogP contribution in [0.2, 0.25) is 0 Å². The van der Waals surface area contributed by atoms with E-state index >= 15 is 0 Å². The minimum atomic E-state index is -0.567. The molecule has 1 saturated carbocycles. The van der Waals surface area contributed by atoms with Crippen molar-refractivity contribution in [3.63, 3.8) is 0 Å². The molecule has 0 atom stereocenters. The Morgan fingerprint density at radius 2 is 1.88 bits per heavy atom. The summed E-state index contributed by atoms with van der Waals surface area (Å²) in [5.74, 6) is -0.523. The van der Waals surface area contributed by atoms with Crippen molar-refractivity contribution in [2.45, 2.75) is 51.6 Å². The summed E-state index contributed by atoms with van der Waals surface area (Å²) >= 11 is 0. The van der Waals surface area contributed by atoms with Crippen LogP contribution in [-0.4, -0.2) is 41.3 Å². The number of ether oxygens (including phenoxy) is 1. The minimum absolute atomic E-state index is 0.0223. The number of hydrogen-bond acceptors (Lipinski definition) is 4. The molecule has 0 N–H and O–H groups in total. The molecule has 1 spiro atoms. The van der Waals surface area contributed by atoms with Gasteiger partial charge in [-0.15, -0.1) is 0 Å². The van der Waals surface area contributed by atoms with E-state index in [4.69, 9.17) is 9.73 Å². The number of amides is 1. The molecule has 5 heteroatoms. The van der Waals surface area contributed by atoms with Crippen LogP contribution in [0.5, 0.6) is 0 Å². The van der Waals surface area contributed by atoms with E-state index < -0.39 is 5.66 Å². The van der Waals surface area contributed by atoms with E-state index in [0.717, 1.165) is 43.2 Å². The second-order valence-corrected chi connectivity index (χ2v) is 6.57. The third kappa shape index (κ3) is 3.07. The number of aliphatic imine (C=N–C) groups is 1. The van der Waals surface area contributed by atoms with Gasteiger partial charge in [-0.1, -0.05) is 36.2 Å². The maximum Gasteiger partial charge on any atom is 0.325 e. The van der Waals surface area contributed by atoms with Crippen molar-refractivity contribution < 1.29 is 14.3 Å². The van der Waals surface area contributed by atoms with E-state index in [2.05, 4.69) is 0 Å². The topological polar surface area (TPSA) is 59.0 Å². The third-order valence-corrected chi connectivity index (χ3v) is 4.84. The quantitative estimate of drug-likeness (QED) is 0.799. The van der Waals surface area contributed by atoms with Crippen LogP contribution in [0.1, 0.15) is 50.2 Å². The van der Waals surface area contributed by atoms with Gasteiger partial charge in [-0.25, -0.2) is 0 Å². The fourth-order valence-corrected chi connectivity index (χ4v) is 3.59. The van der Waals surface area contributed by atoms with Gasteiger partial charge in [0.2, 0.25) is 0 Å². The summed E-state index contributed by atoms with van der Waals surface area (Å²) in [7, 11) is 0. The summed E-state index contributed by atoms with van der Waals surface area (Å²) < 4.78 is 5.06. The highest BCUT2D eigenvalue weighted by Crippen LogP contribution is 2.39. The zero-order valence-corrected chi connectivity index (χ0v) is 14.4. The molecule has 0 saturated heterocycles. The van der Waals surface area contributed by atoms with E-state index in [-0.39, 0.29) is 18.4 Å². The Kier molecular flexibility index (Phi) is 4.69. The first-order valence-electron chi connectivity index (χ1n) is 8.70. The first-order chi connectivity index (χ1) is 11.6. The molecule has 3 rings (SSSR count). The Morgan fingerprint density at radius 1 is 1.21 bits per heavy atom. The molecule has 1 aliphatic carbocycles. The average molecular weight is 328 g/mol. The van der Waals surface area contributed by atoms with Crippen molar-refractivity contribution >= 4 is 17.6 Å². The van der Waals surface area contributed by atoms with Gasteiger partial charge in [0.15, 0.2) is 0 Å². The van der Waals surface area contributed by atoms with Gasteiger partial charge in [-0.05, 0) is 39.5 Å². The van der Waals surface area contributed by atoms with Crippen LogP contribution in [0.3, 0.4) is 0 Å². The van der Waals surface area contributed by atoms with Gasteiger partial charge in [0, 0.05) is 5.56 Å². The minimum Gasteiger partial charge on any atom is -0.465 e. The lowest BCUT2D eigenvalue weighted by Gasteiger charge is -2.38. The Morgan fingerprint density at radius 3 is 2.50 bits per heavy atom. The second kappa shape index (κ2) is 6.75. The molecule has 1 aromatic carbocycles. The van der Waals surface area contributed by atoms with Crippen LogP contribution < -0.4 is 0 Å². The second-order valence-electron chi connectivity index (χ2n) is 6.57. The predicted molar refractivity (Wildman–Crippen MR) is 91.9 cm³/mol. The highest BCUT2D eigenvalue weighted by molar-refractivity contribution is 6.47. The molecule has 0 radical (unpaired) electrons. The molecule has 1 aliphatic heterocycles. The average Bonchev–Trinajstić information content (AvgIpc) is 2.82. The standard InChI is InChI=1S/C19H24N2O3/c1-3-24-16(22)13-21-18(23)17(15-9-7-14(2)8-10-15)20-19(21)11-5-4-6-12-19/h7-10H,3-6,11-13H2,1-2H3. The van der Waals surface area contributed by atoms with Gasteiger partial charge in [0.25, 0.3) is 5.91 Å². The monoisotopic (exact) mass is 328 g/mol. The number of rotatable bonds is 4. The number of nitrogens with zero attached hydrogens (tertiary/aromatic N) is 2. The Bertz CT molecular complexity index is 658. The summed E-state index contributed by atoms with van der Waals surface area (Å²) in [6.45, 7) is 4.08. The smallest absolute Gasteiger partial charge is 0.325 e. The first-order valence-corrected chi connectivity index (χ1v) is 8.70. The molecule has 5 nitrogen and oxygen atoms in total. The number of carbonyl (C=O) groups is 2. The number of esters is 1. The van der Waals surface area contributed by atoms with Crippen LogP contribution >= 0.6 is 0 Å². The summed E-state index contributed by atoms with van der Waals surface area (Å²) in [5, 5.41) is 0. The van der Waals surface area contributed by atoms with Crippen molar-refractivity contribution in [2.24, 2.45) is 4.99 Å². The van der Waals surface area contributed by atoms with Crippen molar-refractivity contribution in [1.29, 1.82) is 0 Å². The lowest BCUT2D eigenvalue weighted by Crippen LogP contribution is -2.50. The SMILES string of the molecule is CCOC(=O)CN1C(=O)C(c2ccc(C)cc2)=NC12CCCCC2. The Balaban J connectivity index is 1.93. The summed E-state index contributed by atoms with van der Waals surface area (Å²) in [4.78, 5) is 31.5. The highest BCUT2D eigenvalue weighted by Gasteiger charge is 2.48. The zero-order chi connectivity index (χ0) is 17.2. The highest BCUT2D eigenvalue weighted by atomic mass is 16.5. The number of aryl methyl sites for hydroxylation is 1. The van der Waals surface area contributed by atoms with Crippen molar-refractivity contribution in [3.8, 4) is 0 Å². The van der Waals surface area contributed by atoms with E-state index in [9.17, 15) is 9.59 Å². The molecule has 1 aromatic rings. The van der Waals surface area contributed by atoms with Gasteiger partial charge in [-0.3, -0.25) is 14.6 Å². The van der Waals surface area contributed by atoms with E-state index in [1.807, 2.05) is 31.2 Å². The molecule has 0 bridgehead atoms. The summed E-state index contributed by atoms with van der Waals surface area (Å²) in [6.07, 6.45) is 4.83. The number of benzene rings is 1.